The number of aromatic nitrogens is 3. The van der Waals surface area contributed by atoms with Crippen LogP contribution < -0.4 is 25.6 Å². The number of nitrogens with zero attached hydrogens (tertiary/aromatic N) is 4. The van der Waals surface area contributed by atoms with Crippen LogP contribution in [0.5, 0.6) is 5.75 Å². The van der Waals surface area contributed by atoms with E-state index in [4.69, 9.17) is 4.74 Å². The molecule has 11 heteroatoms. The van der Waals surface area contributed by atoms with Crippen LogP contribution >= 0.6 is 0 Å². The SMILES string of the molecule is C=CC(=O)Nc1cc(Nc2ncc(C(=O)O)c(-c3cn(C)c4ccccc34)n2)c(OC)cc1N(C)C[C@H]1CCCN1. The first-order chi connectivity index (χ1) is 19.8. The largest absolute Gasteiger partial charge is 0.494 e. The maximum atomic E-state index is 12.3. The number of amides is 1. The third-order valence-electron chi connectivity index (χ3n) is 7.25. The van der Waals surface area contributed by atoms with E-state index in [1.54, 1.807) is 13.2 Å². The van der Waals surface area contributed by atoms with Crippen LogP contribution in [-0.2, 0) is 11.8 Å². The van der Waals surface area contributed by atoms with Gasteiger partial charge in [-0.2, -0.15) is 0 Å². The maximum absolute atomic E-state index is 12.3. The van der Waals surface area contributed by atoms with Crippen LogP contribution in [0, 0.1) is 0 Å². The number of aromatic carboxylic acids is 1. The molecule has 3 heterocycles. The number of carbonyl (C=O) groups is 2. The Kier molecular flexibility index (Phi) is 7.88. The Bertz CT molecular complexity index is 1620. The molecule has 41 heavy (non-hydrogen) atoms. The Morgan fingerprint density at radius 2 is 2.10 bits per heavy atom. The molecular weight excluding hydrogens is 522 g/mol. The summed E-state index contributed by atoms with van der Waals surface area (Å²) in [6.45, 7) is 5.32. The van der Waals surface area contributed by atoms with Crippen molar-refractivity contribution in [2.24, 2.45) is 7.05 Å². The second-order valence-electron chi connectivity index (χ2n) is 9.99. The van der Waals surface area contributed by atoms with E-state index in [2.05, 4.69) is 37.4 Å². The Morgan fingerprint density at radius 1 is 1.29 bits per heavy atom. The number of fused-ring (bicyclic) bond motifs is 1. The highest BCUT2D eigenvalue weighted by Crippen LogP contribution is 2.39. The summed E-state index contributed by atoms with van der Waals surface area (Å²) >= 11 is 0. The number of benzene rings is 2. The molecule has 1 atom stereocenters. The fourth-order valence-electron chi connectivity index (χ4n) is 5.23. The van der Waals surface area contributed by atoms with Crippen molar-refractivity contribution in [3.05, 3.63) is 67.0 Å². The van der Waals surface area contributed by atoms with E-state index in [9.17, 15) is 14.7 Å². The molecule has 0 aliphatic carbocycles. The van der Waals surface area contributed by atoms with E-state index in [0.29, 0.717) is 28.7 Å². The highest BCUT2D eigenvalue weighted by Gasteiger charge is 2.22. The summed E-state index contributed by atoms with van der Waals surface area (Å²) in [6, 6.07) is 11.7. The van der Waals surface area contributed by atoms with Gasteiger partial charge in [-0.1, -0.05) is 24.8 Å². The zero-order valence-corrected chi connectivity index (χ0v) is 23.3. The molecule has 0 unspecified atom stereocenters. The van der Waals surface area contributed by atoms with E-state index in [1.807, 2.05) is 55.2 Å². The first-order valence-corrected chi connectivity index (χ1v) is 13.3. The van der Waals surface area contributed by atoms with Gasteiger partial charge >= 0.3 is 5.97 Å². The number of hydrogen-bond acceptors (Lipinski definition) is 8. The number of likely N-dealkylation sites (N-methyl/N-ethyl adjacent to an activating group) is 1. The van der Waals surface area contributed by atoms with Crippen LogP contribution in [0.4, 0.5) is 23.0 Å². The van der Waals surface area contributed by atoms with Gasteiger partial charge in [0, 0.05) is 61.6 Å². The van der Waals surface area contributed by atoms with E-state index in [0.717, 1.165) is 42.5 Å². The van der Waals surface area contributed by atoms with Gasteiger partial charge in [0.1, 0.15) is 11.3 Å². The fourth-order valence-corrected chi connectivity index (χ4v) is 5.23. The highest BCUT2D eigenvalue weighted by molar-refractivity contribution is 6.03. The van der Waals surface area contributed by atoms with Crippen molar-refractivity contribution in [1.82, 2.24) is 19.9 Å². The molecule has 5 rings (SSSR count). The van der Waals surface area contributed by atoms with Crippen LogP contribution in [0.15, 0.2) is 61.4 Å². The molecule has 1 aliphatic heterocycles. The predicted molar refractivity (Wildman–Crippen MR) is 160 cm³/mol. The van der Waals surface area contributed by atoms with Crippen molar-refractivity contribution in [2.45, 2.75) is 18.9 Å². The summed E-state index contributed by atoms with van der Waals surface area (Å²) < 4.78 is 7.64. The molecule has 0 saturated carbocycles. The Labute approximate surface area is 237 Å². The van der Waals surface area contributed by atoms with Gasteiger partial charge in [-0.15, -0.1) is 0 Å². The van der Waals surface area contributed by atoms with Crippen molar-refractivity contribution >= 4 is 45.8 Å². The molecular formula is C30H33N7O4. The normalized spacial score (nSPS) is 14.6. The number of carboxylic acids is 1. The van der Waals surface area contributed by atoms with Crippen LogP contribution in [0.1, 0.15) is 23.2 Å². The van der Waals surface area contributed by atoms with Gasteiger partial charge < -0.3 is 35.3 Å². The Balaban J connectivity index is 1.55. The summed E-state index contributed by atoms with van der Waals surface area (Å²) in [5, 5.41) is 20.3. The lowest BCUT2D eigenvalue weighted by Gasteiger charge is -2.27. The van der Waals surface area contributed by atoms with Gasteiger partial charge in [-0.05, 0) is 37.6 Å². The maximum Gasteiger partial charge on any atom is 0.339 e. The molecule has 4 aromatic rings. The van der Waals surface area contributed by atoms with E-state index in [1.165, 1.54) is 12.3 Å². The molecule has 11 nitrogen and oxygen atoms in total. The molecule has 1 saturated heterocycles. The topological polar surface area (TPSA) is 134 Å². The highest BCUT2D eigenvalue weighted by atomic mass is 16.5. The zero-order chi connectivity index (χ0) is 29.1. The van der Waals surface area contributed by atoms with Crippen molar-refractivity contribution in [3.63, 3.8) is 0 Å². The molecule has 0 radical (unpaired) electrons. The number of ether oxygens (including phenoxy) is 1. The quantitative estimate of drug-likeness (QED) is 0.210. The molecule has 1 amide bonds. The number of para-hydroxylation sites is 1. The van der Waals surface area contributed by atoms with E-state index < -0.39 is 5.97 Å². The summed E-state index contributed by atoms with van der Waals surface area (Å²) in [7, 11) is 5.42. The molecule has 2 aromatic heterocycles. The third-order valence-corrected chi connectivity index (χ3v) is 7.25. The zero-order valence-electron chi connectivity index (χ0n) is 23.3. The van der Waals surface area contributed by atoms with Crippen molar-refractivity contribution in [2.75, 3.05) is 42.8 Å². The number of nitrogens with one attached hydrogen (secondary N) is 3. The Hall–Kier alpha value is -4.90. The first-order valence-electron chi connectivity index (χ1n) is 13.3. The average Bonchev–Trinajstić information content (AvgIpc) is 3.60. The van der Waals surface area contributed by atoms with Crippen LogP contribution in [0.25, 0.3) is 22.2 Å². The van der Waals surface area contributed by atoms with Crippen molar-refractivity contribution < 1.29 is 19.4 Å². The molecule has 4 N–H and O–H groups in total. The van der Waals surface area contributed by atoms with Gasteiger partial charge in [0.25, 0.3) is 0 Å². The minimum atomic E-state index is -1.13. The van der Waals surface area contributed by atoms with E-state index in [-0.39, 0.29) is 23.1 Å². The van der Waals surface area contributed by atoms with Gasteiger partial charge in [0.15, 0.2) is 0 Å². The standard InChI is InChI=1S/C30H33N7O4/c1-5-27(38)33-22-13-23(26(41-4)14-25(22)36(2)16-18-9-8-12-31-18)34-30-32-15-20(29(39)40)28(35-30)21-17-37(3)24-11-7-6-10-19(21)24/h5-7,10-11,13-15,17-18,31H,1,8-9,12,16H2,2-4H3,(H,33,38)(H,39,40)(H,32,34,35)/t18-/m1/s1. The lowest BCUT2D eigenvalue weighted by molar-refractivity contribution is -0.111. The number of carboxylic acid groups (broad SMARTS) is 1. The molecule has 1 fully saturated rings. The lowest BCUT2D eigenvalue weighted by Crippen LogP contribution is -2.35. The number of anilines is 4. The van der Waals surface area contributed by atoms with Crippen LogP contribution in [0.2, 0.25) is 0 Å². The summed E-state index contributed by atoms with van der Waals surface area (Å²) in [6.07, 6.45) is 6.57. The van der Waals surface area contributed by atoms with Gasteiger partial charge in [-0.3, -0.25) is 4.79 Å². The lowest BCUT2D eigenvalue weighted by atomic mass is 10.1. The second kappa shape index (κ2) is 11.7. The monoisotopic (exact) mass is 555 g/mol. The van der Waals surface area contributed by atoms with Crippen molar-refractivity contribution in [3.8, 4) is 17.0 Å². The molecule has 0 spiro atoms. The van der Waals surface area contributed by atoms with E-state index >= 15 is 0 Å². The number of aryl methyl sites for hydroxylation is 1. The summed E-state index contributed by atoms with van der Waals surface area (Å²) in [5.74, 6) is -0.806. The number of carbonyl (C=O) groups excluding carboxylic acids is 1. The fraction of sp³-hybridized carbons (Fsp3) is 0.267. The van der Waals surface area contributed by atoms with Gasteiger partial charge in [0.2, 0.25) is 11.9 Å². The Morgan fingerprint density at radius 3 is 2.80 bits per heavy atom. The van der Waals surface area contributed by atoms with Gasteiger partial charge in [0.05, 0.1) is 29.9 Å². The minimum absolute atomic E-state index is 0.0182. The van der Waals surface area contributed by atoms with Gasteiger partial charge in [-0.25, -0.2) is 14.8 Å². The molecule has 2 aromatic carbocycles. The predicted octanol–water partition coefficient (Wildman–Crippen LogP) is 4.40. The molecule has 0 bridgehead atoms. The van der Waals surface area contributed by atoms with Crippen molar-refractivity contribution in [1.29, 1.82) is 0 Å². The molecule has 212 valence electrons. The minimum Gasteiger partial charge on any atom is -0.494 e. The smallest absolute Gasteiger partial charge is 0.339 e. The average molecular weight is 556 g/mol. The van der Waals surface area contributed by atoms with Crippen LogP contribution in [-0.4, -0.2) is 64.8 Å². The number of methoxy groups -OCH3 is 1. The van der Waals surface area contributed by atoms with Crippen LogP contribution in [0.3, 0.4) is 0 Å². The first kappa shape index (κ1) is 27.7. The third kappa shape index (κ3) is 5.71. The second-order valence-corrected chi connectivity index (χ2v) is 9.99. The molecule has 1 aliphatic rings. The number of hydrogen-bond donors (Lipinski definition) is 4. The number of rotatable bonds is 10. The summed E-state index contributed by atoms with van der Waals surface area (Å²) in [4.78, 5) is 35.5. The summed E-state index contributed by atoms with van der Waals surface area (Å²) in [5.41, 5.74) is 3.71.